The normalized spacial score (nSPS) is 15.0. The summed E-state index contributed by atoms with van der Waals surface area (Å²) in [6.07, 6.45) is 5.83. The van der Waals surface area contributed by atoms with Crippen molar-refractivity contribution in [2.75, 3.05) is 27.2 Å². The van der Waals surface area contributed by atoms with Gasteiger partial charge in [0.2, 0.25) is 5.91 Å². The van der Waals surface area contributed by atoms with E-state index in [9.17, 15) is 9.59 Å². The van der Waals surface area contributed by atoms with Gasteiger partial charge < -0.3 is 14.8 Å². The predicted octanol–water partition coefficient (Wildman–Crippen LogP) is 3.21. The first-order valence-corrected chi connectivity index (χ1v) is 10.7. The second-order valence-electron chi connectivity index (χ2n) is 8.20. The summed E-state index contributed by atoms with van der Waals surface area (Å²) in [5.41, 5.74) is 1.46. The van der Waals surface area contributed by atoms with Gasteiger partial charge in [0, 0.05) is 44.3 Å². The second-order valence-corrected chi connectivity index (χ2v) is 8.60. The highest BCUT2D eigenvalue weighted by atomic mass is 35.5. The fourth-order valence-electron chi connectivity index (χ4n) is 3.94. The summed E-state index contributed by atoms with van der Waals surface area (Å²) in [7, 11) is 3.25. The molecule has 3 aromatic rings. The van der Waals surface area contributed by atoms with Crippen LogP contribution in [0.2, 0.25) is 5.02 Å². The Morgan fingerprint density at radius 2 is 2.12 bits per heavy atom. The summed E-state index contributed by atoms with van der Waals surface area (Å²) in [5.74, 6) is -1.08. The predicted molar refractivity (Wildman–Crippen MR) is 120 cm³/mol. The molecule has 32 heavy (non-hydrogen) atoms. The van der Waals surface area contributed by atoms with Crippen LogP contribution in [0.5, 0.6) is 0 Å². The van der Waals surface area contributed by atoms with E-state index in [0.717, 1.165) is 0 Å². The van der Waals surface area contributed by atoms with Gasteiger partial charge in [0.15, 0.2) is 5.82 Å². The first kappa shape index (κ1) is 22.0. The highest BCUT2D eigenvalue weighted by Crippen LogP contribution is 2.34. The van der Waals surface area contributed by atoms with E-state index in [1.807, 2.05) is 13.0 Å². The van der Waals surface area contributed by atoms with Crippen molar-refractivity contribution in [1.29, 1.82) is 0 Å². The second kappa shape index (κ2) is 8.74. The number of nitrogens with zero attached hydrogens (tertiary/aromatic N) is 5. The highest BCUT2D eigenvalue weighted by Gasteiger charge is 2.26. The van der Waals surface area contributed by atoms with E-state index in [0.29, 0.717) is 41.1 Å². The maximum absolute atomic E-state index is 15.5. The van der Waals surface area contributed by atoms with Gasteiger partial charge in [0.25, 0.3) is 5.91 Å². The number of rotatable bonds is 5. The summed E-state index contributed by atoms with van der Waals surface area (Å²) >= 11 is 6.44. The summed E-state index contributed by atoms with van der Waals surface area (Å²) in [6, 6.07) is 3.12. The SMILES string of the molecule is C[C@@H](Cn1ccnn1)C(=O)N1CCC=C(c2cc(Cl)c3cc(C(=O)N(C)C)[nH]c3c2F)C1. The van der Waals surface area contributed by atoms with Crippen LogP contribution in [-0.2, 0) is 11.3 Å². The van der Waals surface area contributed by atoms with E-state index in [-0.39, 0.29) is 35.5 Å². The molecule has 0 saturated carbocycles. The van der Waals surface area contributed by atoms with Crippen molar-refractivity contribution >= 4 is 39.9 Å². The largest absolute Gasteiger partial charge is 0.348 e. The first-order chi connectivity index (χ1) is 15.3. The van der Waals surface area contributed by atoms with Crippen LogP contribution in [0.25, 0.3) is 16.5 Å². The van der Waals surface area contributed by atoms with Crippen molar-refractivity contribution in [3.8, 4) is 0 Å². The smallest absolute Gasteiger partial charge is 0.269 e. The average molecular weight is 459 g/mol. The van der Waals surface area contributed by atoms with Crippen molar-refractivity contribution in [3.63, 3.8) is 0 Å². The minimum Gasteiger partial charge on any atom is -0.348 e. The molecule has 3 heterocycles. The van der Waals surface area contributed by atoms with Crippen LogP contribution in [0.4, 0.5) is 4.39 Å². The number of fused-ring (bicyclic) bond motifs is 1. The van der Waals surface area contributed by atoms with Gasteiger partial charge in [-0.1, -0.05) is 29.8 Å². The molecular formula is C22H24ClFN6O2. The van der Waals surface area contributed by atoms with Gasteiger partial charge >= 0.3 is 0 Å². The first-order valence-electron chi connectivity index (χ1n) is 10.3. The number of carbonyl (C=O) groups is 2. The van der Waals surface area contributed by atoms with Gasteiger partial charge in [-0.25, -0.2) is 4.39 Å². The van der Waals surface area contributed by atoms with Crippen LogP contribution in [0.1, 0.15) is 29.4 Å². The Morgan fingerprint density at radius 1 is 1.34 bits per heavy atom. The van der Waals surface area contributed by atoms with Crippen LogP contribution in [0.3, 0.4) is 0 Å². The van der Waals surface area contributed by atoms with Crippen molar-refractivity contribution in [1.82, 2.24) is 29.8 Å². The summed E-state index contributed by atoms with van der Waals surface area (Å²) in [4.78, 5) is 31.3. The number of amides is 2. The van der Waals surface area contributed by atoms with Gasteiger partial charge in [0.1, 0.15) is 5.69 Å². The Hall–Kier alpha value is -3.20. The quantitative estimate of drug-likeness (QED) is 0.636. The van der Waals surface area contributed by atoms with E-state index in [2.05, 4.69) is 15.3 Å². The molecule has 2 amide bonds. The molecule has 0 spiro atoms. The van der Waals surface area contributed by atoms with Gasteiger partial charge in [-0.15, -0.1) is 5.10 Å². The molecule has 0 fully saturated rings. The number of hydrogen-bond acceptors (Lipinski definition) is 4. The van der Waals surface area contributed by atoms with Gasteiger partial charge in [-0.05, 0) is 24.1 Å². The molecule has 1 N–H and O–H groups in total. The number of aromatic nitrogens is 4. The number of aromatic amines is 1. The van der Waals surface area contributed by atoms with E-state index in [4.69, 9.17) is 11.6 Å². The van der Waals surface area contributed by atoms with E-state index < -0.39 is 5.82 Å². The Kier molecular flexibility index (Phi) is 6.01. The summed E-state index contributed by atoms with van der Waals surface area (Å²) in [6.45, 7) is 3.11. The van der Waals surface area contributed by atoms with Crippen LogP contribution in [0.15, 0.2) is 30.6 Å². The lowest BCUT2D eigenvalue weighted by molar-refractivity contribution is -0.135. The zero-order chi connectivity index (χ0) is 23.0. The zero-order valence-corrected chi connectivity index (χ0v) is 18.9. The lowest BCUT2D eigenvalue weighted by Crippen LogP contribution is -2.40. The molecule has 1 atom stereocenters. The molecule has 10 heteroatoms. The maximum Gasteiger partial charge on any atom is 0.269 e. The van der Waals surface area contributed by atoms with Crippen molar-refractivity contribution in [2.24, 2.45) is 5.92 Å². The minimum absolute atomic E-state index is 0.0302. The Balaban J connectivity index is 1.59. The molecule has 0 bridgehead atoms. The molecule has 4 rings (SSSR count). The molecule has 1 aliphatic rings. The molecule has 0 saturated heterocycles. The number of hydrogen-bond donors (Lipinski definition) is 1. The van der Waals surface area contributed by atoms with Gasteiger partial charge in [-0.3, -0.25) is 14.3 Å². The lowest BCUT2D eigenvalue weighted by Gasteiger charge is -2.30. The fraction of sp³-hybridized carbons (Fsp3) is 0.364. The molecule has 8 nitrogen and oxygen atoms in total. The molecule has 0 unspecified atom stereocenters. The summed E-state index contributed by atoms with van der Waals surface area (Å²) < 4.78 is 17.1. The van der Waals surface area contributed by atoms with Crippen LogP contribution in [-0.4, -0.2) is 68.8 Å². The molecule has 0 aliphatic carbocycles. The molecule has 168 valence electrons. The number of H-pyrrole nitrogens is 1. The van der Waals surface area contributed by atoms with E-state index >= 15 is 4.39 Å². The third-order valence-electron chi connectivity index (χ3n) is 5.60. The number of halogens is 2. The molecule has 1 aliphatic heterocycles. The standard InChI is InChI=1S/C22H24ClFN6O2/c1-13(11-30-8-6-25-27-30)21(31)29-7-4-5-14(12-29)15-9-17(23)16-10-18(22(32)28(2)3)26-20(16)19(15)24/h5-6,8-10,13,26H,4,7,11-12H2,1-3H3/t13-/m0/s1. The van der Waals surface area contributed by atoms with Gasteiger partial charge in [0.05, 0.1) is 29.2 Å². The van der Waals surface area contributed by atoms with Crippen molar-refractivity contribution in [3.05, 3.63) is 52.7 Å². The van der Waals surface area contributed by atoms with E-state index in [1.54, 1.807) is 48.2 Å². The number of nitrogens with one attached hydrogen (secondary N) is 1. The van der Waals surface area contributed by atoms with Crippen LogP contribution >= 0.6 is 11.6 Å². The van der Waals surface area contributed by atoms with Crippen LogP contribution in [0, 0.1) is 11.7 Å². The Labute approximate surface area is 189 Å². The van der Waals surface area contributed by atoms with Crippen molar-refractivity contribution in [2.45, 2.75) is 19.9 Å². The fourth-order valence-corrected chi connectivity index (χ4v) is 4.19. The monoisotopic (exact) mass is 458 g/mol. The Bertz CT molecular complexity index is 1200. The van der Waals surface area contributed by atoms with Gasteiger partial charge in [-0.2, -0.15) is 0 Å². The summed E-state index contributed by atoms with van der Waals surface area (Å²) in [5, 5.41) is 8.46. The molecule has 2 aromatic heterocycles. The average Bonchev–Trinajstić information content (AvgIpc) is 3.45. The van der Waals surface area contributed by atoms with E-state index in [1.165, 1.54) is 4.90 Å². The minimum atomic E-state index is -0.488. The molecule has 1 aromatic carbocycles. The Morgan fingerprint density at radius 3 is 2.81 bits per heavy atom. The molecular weight excluding hydrogens is 435 g/mol. The topological polar surface area (TPSA) is 87.1 Å². The molecule has 0 radical (unpaired) electrons. The maximum atomic E-state index is 15.5. The number of benzene rings is 1. The van der Waals surface area contributed by atoms with Crippen molar-refractivity contribution < 1.29 is 14.0 Å². The lowest BCUT2D eigenvalue weighted by atomic mass is 9.98. The van der Waals surface area contributed by atoms with Crippen LogP contribution < -0.4 is 0 Å². The third-order valence-corrected chi connectivity index (χ3v) is 5.91. The zero-order valence-electron chi connectivity index (χ0n) is 18.1. The third kappa shape index (κ3) is 4.12. The highest BCUT2D eigenvalue weighted by molar-refractivity contribution is 6.36. The number of carbonyl (C=O) groups excluding carboxylic acids is 2.